The van der Waals surface area contributed by atoms with Gasteiger partial charge in [0.15, 0.2) is 5.11 Å². The fraction of sp³-hybridized carbons (Fsp3) is 0.522. The molecule has 0 unspecified atom stereocenters. The van der Waals surface area contributed by atoms with Crippen LogP contribution in [0.5, 0.6) is 0 Å². The SMILES string of the molecule is C[C@H]1CCCN(c2cc(N3CCOCC3)nc(NC(=S)N[C@@H](C)c3ccccc3)n2)C1. The van der Waals surface area contributed by atoms with Gasteiger partial charge in [-0.3, -0.25) is 0 Å². The summed E-state index contributed by atoms with van der Waals surface area (Å²) in [7, 11) is 0. The Morgan fingerprint density at radius 1 is 1.10 bits per heavy atom. The molecule has 4 rings (SSSR count). The summed E-state index contributed by atoms with van der Waals surface area (Å²) < 4.78 is 5.52. The number of nitrogens with one attached hydrogen (secondary N) is 2. The minimum absolute atomic E-state index is 0.0889. The van der Waals surface area contributed by atoms with E-state index in [-0.39, 0.29) is 6.04 Å². The zero-order valence-corrected chi connectivity index (χ0v) is 19.2. The van der Waals surface area contributed by atoms with Crippen LogP contribution in [0.25, 0.3) is 0 Å². The molecule has 0 spiro atoms. The van der Waals surface area contributed by atoms with E-state index in [1.54, 1.807) is 0 Å². The molecule has 2 saturated heterocycles. The predicted octanol–water partition coefficient (Wildman–Crippen LogP) is 3.60. The Morgan fingerprint density at radius 2 is 1.81 bits per heavy atom. The van der Waals surface area contributed by atoms with Crippen molar-refractivity contribution in [3.8, 4) is 0 Å². The quantitative estimate of drug-likeness (QED) is 0.684. The lowest BCUT2D eigenvalue weighted by Gasteiger charge is -2.33. The number of hydrogen-bond acceptors (Lipinski definition) is 6. The average molecular weight is 441 g/mol. The second-order valence-electron chi connectivity index (χ2n) is 8.43. The molecule has 2 aliphatic rings. The maximum Gasteiger partial charge on any atom is 0.232 e. The first-order valence-corrected chi connectivity index (χ1v) is 11.6. The van der Waals surface area contributed by atoms with Gasteiger partial charge in [-0.25, -0.2) is 0 Å². The number of aromatic nitrogens is 2. The molecule has 2 fully saturated rings. The van der Waals surface area contributed by atoms with Gasteiger partial charge in [0.05, 0.1) is 19.3 Å². The van der Waals surface area contributed by atoms with Gasteiger partial charge in [0.1, 0.15) is 11.6 Å². The molecular formula is C23H32N6OS. The highest BCUT2D eigenvalue weighted by molar-refractivity contribution is 7.80. The van der Waals surface area contributed by atoms with Crippen LogP contribution in [-0.2, 0) is 4.74 Å². The van der Waals surface area contributed by atoms with Crippen molar-refractivity contribution in [2.45, 2.75) is 32.7 Å². The van der Waals surface area contributed by atoms with Crippen molar-refractivity contribution in [1.29, 1.82) is 0 Å². The lowest BCUT2D eigenvalue weighted by atomic mass is 10.0. The average Bonchev–Trinajstić information content (AvgIpc) is 2.80. The number of hydrogen-bond donors (Lipinski definition) is 2. The molecule has 1 aromatic carbocycles. The van der Waals surface area contributed by atoms with Crippen molar-refractivity contribution < 1.29 is 4.74 Å². The van der Waals surface area contributed by atoms with Crippen molar-refractivity contribution in [1.82, 2.24) is 15.3 Å². The summed E-state index contributed by atoms with van der Waals surface area (Å²) in [5.74, 6) is 3.09. The van der Waals surface area contributed by atoms with Gasteiger partial charge in [-0.15, -0.1) is 0 Å². The van der Waals surface area contributed by atoms with E-state index in [1.165, 1.54) is 18.4 Å². The van der Waals surface area contributed by atoms with Gasteiger partial charge in [0.25, 0.3) is 0 Å². The Kier molecular flexibility index (Phi) is 7.19. The zero-order valence-electron chi connectivity index (χ0n) is 18.4. The topological polar surface area (TPSA) is 65.6 Å². The second kappa shape index (κ2) is 10.2. The van der Waals surface area contributed by atoms with Crippen LogP contribution in [0.2, 0.25) is 0 Å². The van der Waals surface area contributed by atoms with Gasteiger partial charge >= 0.3 is 0 Å². The van der Waals surface area contributed by atoms with Gasteiger partial charge < -0.3 is 25.2 Å². The third-order valence-corrected chi connectivity index (χ3v) is 6.11. The van der Waals surface area contributed by atoms with Gasteiger partial charge in [-0.1, -0.05) is 37.3 Å². The third kappa shape index (κ3) is 5.83. The number of piperidine rings is 1. The molecule has 2 N–H and O–H groups in total. The lowest BCUT2D eigenvalue weighted by Crippen LogP contribution is -2.38. The number of rotatable bonds is 5. The van der Waals surface area contributed by atoms with Crippen LogP contribution in [0.4, 0.5) is 17.6 Å². The second-order valence-corrected chi connectivity index (χ2v) is 8.84. The molecule has 0 bridgehead atoms. The van der Waals surface area contributed by atoms with Crippen LogP contribution in [0.3, 0.4) is 0 Å². The standard InChI is InChI=1S/C23H32N6OS/c1-17-7-6-10-29(16-17)21-15-20(28-11-13-30-14-12-28)25-22(26-21)27-23(31)24-18(2)19-8-4-3-5-9-19/h3-5,8-9,15,17-18H,6-7,10-14,16H2,1-2H3,(H2,24,25,26,27,31)/t17-,18-/m0/s1. The maximum absolute atomic E-state index is 5.58. The first-order chi connectivity index (χ1) is 15.1. The van der Waals surface area contributed by atoms with Crippen LogP contribution < -0.4 is 20.4 Å². The van der Waals surface area contributed by atoms with Crippen molar-refractivity contribution in [3.63, 3.8) is 0 Å². The highest BCUT2D eigenvalue weighted by Gasteiger charge is 2.21. The molecule has 166 valence electrons. The van der Waals surface area contributed by atoms with Crippen molar-refractivity contribution >= 4 is 34.9 Å². The van der Waals surface area contributed by atoms with E-state index >= 15 is 0 Å². The van der Waals surface area contributed by atoms with Crippen LogP contribution in [0.15, 0.2) is 36.4 Å². The lowest BCUT2D eigenvalue weighted by molar-refractivity contribution is 0.122. The van der Waals surface area contributed by atoms with E-state index in [2.05, 4.69) is 52.5 Å². The molecule has 0 saturated carbocycles. The molecule has 31 heavy (non-hydrogen) atoms. The summed E-state index contributed by atoms with van der Waals surface area (Å²) in [5, 5.41) is 7.09. The van der Waals surface area contributed by atoms with E-state index < -0.39 is 0 Å². The van der Waals surface area contributed by atoms with Crippen LogP contribution >= 0.6 is 12.2 Å². The van der Waals surface area contributed by atoms with Crippen LogP contribution in [0.1, 0.15) is 38.3 Å². The molecule has 8 heteroatoms. The Labute approximate surface area is 190 Å². The third-order valence-electron chi connectivity index (χ3n) is 5.89. The van der Waals surface area contributed by atoms with Gasteiger partial charge in [0, 0.05) is 32.2 Å². The Morgan fingerprint density at radius 3 is 2.52 bits per heavy atom. The largest absolute Gasteiger partial charge is 0.378 e. The molecule has 0 amide bonds. The smallest absolute Gasteiger partial charge is 0.232 e. The monoisotopic (exact) mass is 440 g/mol. The highest BCUT2D eigenvalue weighted by Crippen LogP contribution is 2.26. The number of ether oxygens (including phenoxy) is 1. The van der Waals surface area contributed by atoms with E-state index in [9.17, 15) is 0 Å². The minimum Gasteiger partial charge on any atom is -0.378 e. The zero-order chi connectivity index (χ0) is 21.6. The van der Waals surface area contributed by atoms with Gasteiger partial charge in [-0.05, 0) is 43.5 Å². The summed E-state index contributed by atoms with van der Waals surface area (Å²) in [6.07, 6.45) is 2.46. The molecule has 2 atom stereocenters. The summed E-state index contributed by atoms with van der Waals surface area (Å²) in [6, 6.07) is 12.5. The molecule has 3 heterocycles. The van der Waals surface area contributed by atoms with E-state index in [4.69, 9.17) is 26.9 Å². The molecule has 2 aromatic rings. The van der Waals surface area contributed by atoms with Gasteiger partial charge in [0.2, 0.25) is 5.95 Å². The summed E-state index contributed by atoms with van der Waals surface area (Å²) >= 11 is 5.58. The molecular weight excluding hydrogens is 408 g/mol. The number of morpholine rings is 1. The van der Waals surface area contributed by atoms with Crippen LogP contribution in [0, 0.1) is 5.92 Å². The molecule has 0 radical (unpaired) electrons. The maximum atomic E-state index is 5.58. The number of anilines is 3. The Hall–Kier alpha value is -2.45. The van der Waals surface area contributed by atoms with Crippen molar-refractivity contribution in [2.24, 2.45) is 5.92 Å². The predicted molar refractivity (Wildman–Crippen MR) is 130 cm³/mol. The summed E-state index contributed by atoms with van der Waals surface area (Å²) in [4.78, 5) is 14.2. The Bertz CT molecular complexity index is 874. The molecule has 1 aromatic heterocycles. The van der Waals surface area contributed by atoms with E-state index in [0.717, 1.165) is 51.0 Å². The molecule has 7 nitrogen and oxygen atoms in total. The highest BCUT2D eigenvalue weighted by atomic mass is 32.1. The van der Waals surface area contributed by atoms with Crippen molar-refractivity contribution in [2.75, 3.05) is 54.5 Å². The number of nitrogens with zero attached hydrogens (tertiary/aromatic N) is 4. The van der Waals surface area contributed by atoms with Crippen LogP contribution in [-0.4, -0.2) is 54.5 Å². The minimum atomic E-state index is 0.0889. The molecule has 0 aliphatic carbocycles. The molecule has 2 aliphatic heterocycles. The van der Waals surface area contributed by atoms with Crippen molar-refractivity contribution in [3.05, 3.63) is 42.0 Å². The fourth-order valence-corrected chi connectivity index (χ4v) is 4.42. The number of thiocarbonyl (C=S) groups is 1. The van der Waals surface area contributed by atoms with E-state index in [1.807, 2.05) is 18.2 Å². The fourth-order valence-electron chi connectivity index (χ4n) is 4.15. The van der Waals surface area contributed by atoms with E-state index in [0.29, 0.717) is 17.0 Å². The number of benzene rings is 1. The summed E-state index contributed by atoms with van der Waals surface area (Å²) in [6.45, 7) is 9.55. The summed E-state index contributed by atoms with van der Waals surface area (Å²) in [5.41, 5.74) is 1.18. The Balaban J connectivity index is 1.52. The van der Waals surface area contributed by atoms with Gasteiger partial charge in [-0.2, -0.15) is 9.97 Å². The first kappa shape index (κ1) is 21.8. The normalized spacial score (nSPS) is 20.3. The first-order valence-electron chi connectivity index (χ1n) is 11.2.